The van der Waals surface area contributed by atoms with Gasteiger partial charge in [-0.1, -0.05) is 52.3 Å². The van der Waals surface area contributed by atoms with E-state index in [-0.39, 0.29) is 11.6 Å². The van der Waals surface area contributed by atoms with Gasteiger partial charge in [-0.2, -0.15) is 0 Å². The Hall–Kier alpha value is -3.15. The molecule has 1 heterocycles. The molecule has 0 saturated carbocycles. The summed E-state index contributed by atoms with van der Waals surface area (Å²) in [5, 5.41) is 18.4. The molecule has 0 spiro atoms. The van der Waals surface area contributed by atoms with Crippen molar-refractivity contribution in [3.63, 3.8) is 0 Å². The van der Waals surface area contributed by atoms with E-state index in [1.807, 2.05) is 49.4 Å². The Kier molecular flexibility index (Phi) is 3.57. The van der Waals surface area contributed by atoms with Crippen molar-refractivity contribution < 1.29 is 14.6 Å². The molecule has 0 aliphatic rings. The van der Waals surface area contributed by atoms with Crippen molar-refractivity contribution in [3.8, 4) is 22.8 Å². The lowest BCUT2D eigenvalue weighted by atomic mass is 10.0. The summed E-state index contributed by atoms with van der Waals surface area (Å²) >= 11 is 0. The SMILES string of the molecule is Cc1ccc(-c2cccc(Oc3nn[nH]c3C(=O)O)c2)cc1. The Labute approximate surface area is 126 Å². The summed E-state index contributed by atoms with van der Waals surface area (Å²) in [7, 11) is 0. The van der Waals surface area contributed by atoms with Gasteiger partial charge in [0.25, 0.3) is 5.88 Å². The van der Waals surface area contributed by atoms with E-state index in [9.17, 15) is 4.79 Å². The number of hydrogen-bond acceptors (Lipinski definition) is 4. The molecule has 22 heavy (non-hydrogen) atoms. The number of aromatic amines is 1. The van der Waals surface area contributed by atoms with Crippen molar-refractivity contribution in [2.75, 3.05) is 0 Å². The largest absolute Gasteiger partial charge is 0.476 e. The number of rotatable bonds is 4. The van der Waals surface area contributed by atoms with Crippen LogP contribution < -0.4 is 4.74 Å². The third kappa shape index (κ3) is 2.80. The highest BCUT2D eigenvalue weighted by molar-refractivity contribution is 5.87. The molecule has 0 amide bonds. The molecule has 110 valence electrons. The third-order valence-corrected chi connectivity index (χ3v) is 3.16. The molecule has 2 N–H and O–H groups in total. The molecule has 0 unspecified atom stereocenters. The molecule has 3 aromatic rings. The smallest absolute Gasteiger partial charge is 0.359 e. The molecule has 2 aromatic carbocycles. The van der Waals surface area contributed by atoms with Crippen molar-refractivity contribution in [2.45, 2.75) is 6.92 Å². The van der Waals surface area contributed by atoms with Crippen LogP contribution in [-0.2, 0) is 0 Å². The zero-order chi connectivity index (χ0) is 15.5. The lowest BCUT2D eigenvalue weighted by molar-refractivity contribution is 0.0687. The fourth-order valence-corrected chi connectivity index (χ4v) is 2.03. The van der Waals surface area contributed by atoms with E-state index >= 15 is 0 Å². The number of nitrogens with one attached hydrogen (secondary N) is 1. The molecule has 6 heteroatoms. The van der Waals surface area contributed by atoms with Gasteiger partial charge < -0.3 is 9.84 Å². The number of benzene rings is 2. The molecule has 0 saturated heterocycles. The maximum absolute atomic E-state index is 11.0. The minimum atomic E-state index is -1.17. The summed E-state index contributed by atoms with van der Waals surface area (Å²) in [6, 6.07) is 15.5. The number of H-pyrrole nitrogens is 1. The molecule has 3 rings (SSSR count). The minimum Gasteiger partial charge on any atom is -0.476 e. The first-order chi connectivity index (χ1) is 10.6. The first-order valence-corrected chi connectivity index (χ1v) is 6.63. The van der Waals surface area contributed by atoms with Crippen LogP contribution in [0.4, 0.5) is 0 Å². The van der Waals surface area contributed by atoms with E-state index < -0.39 is 5.97 Å². The van der Waals surface area contributed by atoms with Crippen molar-refractivity contribution in [2.24, 2.45) is 0 Å². The number of carboxylic acid groups (broad SMARTS) is 1. The predicted octanol–water partition coefficient (Wildman–Crippen LogP) is 3.27. The van der Waals surface area contributed by atoms with E-state index in [2.05, 4.69) is 15.4 Å². The Balaban J connectivity index is 1.89. The molecular formula is C16H13N3O3. The van der Waals surface area contributed by atoms with E-state index in [0.29, 0.717) is 5.75 Å². The van der Waals surface area contributed by atoms with Crippen molar-refractivity contribution >= 4 is 5.97 Å². The topological polar surface area (TPSA) is 88.1 Å². The average Bonchev–Trinajstić information content (AvgIpc) is 2.96. The van der Waals surface area contributed by atoms with Gasteiger partial charge in [0.15, 0.2) is 0 Å². The Morgan fingerprint density at radius 2 is 1.91 bits per heavy atom. The van der Waals surface area contributed by atoms with Gasteiger partial charge in [0.05, 0.1) is 0 Å². The van der Waals surface area contributed by atoms with Crippen LogP contribution in [-0.4, -0.2) is 26.5 Å². The standard InChI is InChI=1S/C16H13N3O3/c1-10-5-7-11(8-6-10)12-3-2-4-13(9-12)22-15-14(16(20)21)17-19-18-15/h2-9H,1H3,(H,20,21)(H,17,18,19). The lowest BCUT2D eigenvalue weighted by Crippen LogP contribution is -1.99. The molecule has 0 fully saturated rings. The van der Waals surface area contributed by atoms with Crippen LogP contribution in [0.15, 0.2) is 48.5 Å². The van der Waals surface area contributed by atoms with Crippen molar-refractivity contribution in [1.29, 1.82) is 0 Å². The Morgan fingerprint density at radius 1 is 1.14 bits per heavy atom. The second-order valence-electron chi connectivity index (χ2n) is 4.79. The van der Waals surface area contributed by atoms with Gasteiger partial charge in [0.1, 0.15) is 5.75 Å². The highest BCUT2D eigenvalue weighted by atomic mass is 16.5. The van der Waals surface area contributed by atoms with Crippen LogP contribution in [0, 0.1) is 6.92 Å². The van der Waals surface area contributed by atoms with Gasteiger partial charge >= 0.3 is 5.97 Å². The maximum Gasteiger partial charge on any atom is 0.359 e. The number of aryl methyl sites for hydroxylation is 1. The molecule has 0 aliphatic carbocycles. The minimum absolute atomic E-state index is 0.0615. The van der Waals surface area contributed by atoms with E-state index in [0.717, 1.165) is 11.1 Å². The number of nitrogens with zero attached hydrogens (tertiary/aromatic N) is 2. The number of ether oxygens (including phenoxy) is 1. The predicted molar refractivity (Wildman–Crippen MR) is 80.0 cm³/mol. The fourth-order valence-electron chi connectivity index (χ4n) is 2.03. The van der Waals surface area contributed by atoms with Gasteiger partial charge in [-0.15, -0.1) is 0 Å². The molecule has 0 radical (unpaired) electrons. The second kappa shape index (κ2) is 5.69. The lowest BCUT2D eigenvalue weighted by Gasteiger charge is -2.06. The zero-order valence-corrected chi connectivity index (χ0v) is 11.8. The van der Waals surface area contributed by atoms with Crippen molar-refractivity contribution in [3.05, 3.63) is 59.8 Å². The molecule has 0 atom stereocenters. The summed E-state index contributed by atoms with van der Waals surface area (Å²) < 4.78 is 5.51. The van der Waals surface area contributed by atoms with Gasteiger partial charge in [0, 0.05) is 0 Å². The number of hydrogen-bond donors (Lipinski definition) is 2. The van der Waals surface area contributed by atoms with Crippen LogP contribution >= 0.6 is 0 Å². The average molecular weight is 295 g/mol. The first-order valence-electron chi connectivity index (χ1n) is 6.63. The summed E-state index contributed by atoms with van der Waals surface area (Å²) in [4.78, 5) is 11.0. The van der Waals surface area contributed by atoms with Crippen LogP contribution in [0.25, 0.3) is 11.1 Å². The summed E-state index contributed by atoms with van der Waals surface area (Å²) in [6.45, 7) is 2.03. The number of carbonyl (C=O) groups is 1. The van der Waals surface area contributed by atoms with Crippen LogP contribution in [0.2, 0.25) is 0 Å². The summed E-state index contributed by atoms with van der Waals surface area (Å²) in [5.41, 5.74) is 3.03. The van der Waals surface area contributed by atoms with Gasteiger partial charge in [0.2, 0.25) is 5.69 Å². The molecule has 0 bridgehead atoms. The van der Waals surface area contributed by atoms with Crippen LogP contribution in [0.1, 0.15) is 16.1 Å². The monoisotopic (exact) mass is 295 g/mol. The number of aromatic carboxylic acids is 1. The highest BCUT2D eigenvalue weighted by Gasteiger charge is 2.16. The van der Waals surface area contributed by atoms with E-state index in [1.54, 1.807) is 6.07 Å². The Bertz CT molecular complexity index is 810. The van der Waals surface area contributed by atoms with Crippen LogP contribution in [0.3, 0.4) is 0 Å². The first kappa shape index (κ1) is 13.8. The maximum atomic E-state index is 11.0. The van der Waals surface area contributed by atoms with E-state index in [4.69, 9.17) is 9.84 Å². The Morgan fingerprint density at radius 3 is 2.64 bits per heavy atom. The third-order valence-electron chi connectivity index (χ3n) is 3.16. The molecule has 6 nitrogen and oxygen atoms in total. The summed E-state index contributed by atoms with van der Waals surface area (Å²) in [5.74, 6) is -0.738. The van der Waals surface area contributed by atoms with E-state index in [1.165, 1.54) is 5.56 Å². The highest BCUT2D eigenvalue weighted by Crippen LogP contribution is 2.27. The fraction of sp³-hybridized carbons (Fsp3) is 0.0625. The van der Waals surface area contributed by atoms with Gasteiger partial charge in [-0.25, -0.2) is 9.89 Å². The summed E-state index contributed by atoms with van der Waals surface area (Å²) in [6.07, 6.45) is 0. The zero-order valence-electron chi connectivity index (χ0n) is 11.8. The molecule has 1 aromatic heterocycles. The van der Waals surface area contributed by atoms with Gasteiger partial charge in [-0.3, -0.25) is 0 Å². The second-order valence-corrected chi connectivity index (χ2v) is 4.79. The number of aromatic nitrogens is 3. The quantitative estimate of drug-likeness (QED) is 0.771. The number of carboxylic acids is 1. The van der Waals surface area contributed by atoms with Gasteiger partial charge in [-0.05, 0) is 30.2 Å². The molecular weight excluding hydrogens is 282 g/mol. The molecule has 0 aliphatic heterocycles. The van der Waals surface area contributed by atoms with Crippen molar-refractivity contribution in [1.82, 2.24) is 15.4 Å². The normalized spacial score (nSPS) is 10.4. The van der Waals surface area contributed by atoms with Crippen LogP contribution in [0.5, 0.6) is 11.6 Å².